The first-order valence-corrected chi connectivity index (χ1v) is 8.16. The lowest BCUT2D eigenvalue weighted by Crippen LogP contribution is -2.48. The summed E-state index contributed by atoms with van der Waals surface area (Å²) in [5.74, 6) is 3.39. The van der Waals surface area contributed by atoms with Crippen LogP contribution in [0.5, 0.6) is 0 Å². The molecule has 108 valence electrons. The number of hydrogen-bond acceptors (Lipinski definition) is 2. The summed E-state index contributed by atoms with van der Waals surface area (Å²) in [4.78, 5) is 12.0. The van der Waals surface area contributed by atoms with E-state index in [1.54, 1.807) is 0 Å². The van der Waals surface area contributed by atoms with Gasteiger partial charge in [0, 0.05) is 12.3 Å². The van der Waals surface area contributed by atoms with E-state index in [2.05, 4.69) is 13.8 Å². The van der Waals surface area contributed by atoms with Gasteiger partial charge in [-0.25, -0.2) is 0 Å². The van der Waals surface area contributed by atoms with Gasteiger partial charge in [0.25, 0.3) is 0 Å². The van der Waals surface area contributed by atoms with Crippen molar-refractivity contribution in [2.45, 2.75) is 65.4 Å². The number of carbonyl (C=O) groups excluding carboxylic acids is 1. The molecule has 7 atom stereocenters. The van der Waals surface area contributed by atoms with E-state index < -0.39 is 0 Å². The van der Waals surface area contributed by atoms with Crippen LogP contribution >= 0.6 is 0 Å². The van der Waals surface area contributed by atoms with Crippen LogP contribution in [0.25, 0.3) is 0 Å². The molecule has 0 heterocycles. The fraction of sp³-hybridized carbons (Fsp3) is 0.941. The van der Waals surface area contributed by atoms with Crippen molar-refractivity contribution in [3.63, 3.8) is 0 Å². The number of carbonyl (C=O) groups is 1. The van der Waals surface area contributed by atoms with Crippen LogP contribution < -0.4 is 0 Å². The third kappa shape index (κ3) is 1.90. The number of fused-ring (bicyclic) bond motifs is 3. The molecule has 0 radical (unpaired) electrons. The number of aliphatic hydroxyl groups excluding tert-OH is 1. The van der Waals surface area contributed by atoms with Gasteiger partial charge in [-0.05, 0) is 68.1 Å². The van der Waals surface area contributed by atoms with Crippen molar-refractivity contribution < 1.29 is 9.90 Å². The van der Waals surface area contributed by atoms with Gasteiger partial charge in [0.05, 0.1) is 6.10 Å². The number of hydrogen-bond donors (Lipinski definition) is 1. The third-order valence-electron chi connectivity index (χ3n) is 7.02. The largest absolute Gasteiger partial charge is 0.393 e. The minimum atomic E-state index is -0.172. The maximum absolute atomic E-state index is 12.0. The Morgan fingerprint density at radius 1 is 1.21 bits per heavy atom. The summed E-state index contributed by atoms with van der Waals surface area (Å²) in [5.41, 5.74) is 0.329. The highest BCUT2D eigenvalue weighted by Crippen LogP contribution is 2.62. The summed E-state index contributed by atoms with van der Waals surface area (Å²) in [5, 5.41) is 10.1. The predicted octanol–water partition coefficient (Wildman–Crippen LogP) is 3.42. The average Bonchev–Trinajstić information content (AvgIpc) is 2.71. The molecule has 0 bridgehead atoms. The first kappa shape index (κ1) is 13.6. The lowest BCUT2D eigenvalue weighted by Gasteiger charge is -2.52. The Balaban J connectivity index is 1.86. The minimum absolute atomic E-state index is 0.172. The molecule has 0 spiro atoms. The highest BCUT2D eigenvalue weighted by Gasteiger charge is 2.56. The zero-order chi connectivity index (χ0) is 13.8. The SMILES string of the molecule is CC1C(=O)CCC2[C@H]1CC[C@]1(C)[C@@H](C(C)O)CC[C@@H]21. The van der Waals surface area contributed by atoms with E-state index >= 15 is 0 Å². The smallest absolute Gasteiger partial charge is 0.135 e. The van der Waals surface area contributed by atoms with Gasteiger partial charge in [-0.1, -0.05) is 13.8 Å². The van der Waals surface area contributed by atoms with Crippen LogP contribution in [0.2, 0.25) is 0 Å². The van der Waals surface area contributed by atoms with Crippen LogP contribution in [-0.2, 0) is 4.79 Å². The predicted molar refractivity (Wildman–Crippen MR) is 75.6 cm³/mol. The van der Waals surface area contributed by atoms with Crippen LogP contribution in [0.15, 0.2) is 0 Å². The molecule has 3 aliphatic carbocycles. The third-order valence-corrected chi connectivity index (χ3v) is 7.02. The highest BCUT2D eigenvalue weighted by atomic mass is 16.3. The molecule has 2 nitrogen and oxygen atoms in total. The minimum Gasteiger partial charge on any atom is -0.393 e. The van der Waals surface area contributed by atoms with Gasteiger partial charge < -0.3 is 5.11 Å². The molecule has 3 fully saturated rings. The van der Waals surface area contributed by atoms with Gasteiger partial charge in [-0.3, -0.25) is 4.79 Å². The standard InChI is InChI=1S/C17H28O2/c1-10-12-8-9-17(3)14(11(2)18)5-6-15(17)13(12)4-7-16(10)19/h10-15,18H,4-9H2,1-3H3/t10?,11?,12-,13?,14+,15-,17+/m0/s1. The van der Waals surface area contributed by atoms with Crippen molar-refractivity contribution in [1.82, 2.24) is 0 Å². The Morgan fingerprint density at radius 2 is 1.95 bits per heavy atom. The van der Waals surface area contributed by atoms with Crippen molar-refractivity contribution in [2.75, 3.05) is 0 Å². The molecule has 0 saturated heterocycles. The maximum atomic E-state index is 12.0. The second kappa shape index (κ2) is 4.58. The molecule has 3 unspecified atom stereocenters. The second-order valence-electron chi connectivity index (χ2n) is 7.70. The summed E-state index contributed by atoms with van der Waals surface area (Å²) < 4.78 is 0. The van der Waals surface area contributed by atoms with Gasteiger partial charge >= 0.3 is 0 Å². The van der Waals surface area contributed by atoms with Crippen molar-refractivity contribution in [3.8, 4) is 0 Å². The Labute approximate surface area is 117 Å². The summed E-state index contributed by atoms with van der Waals surface area (Å²) in [6.07, 6.45) is 6.61. The highest BCUT2D eigenvalue weighted by molar-refractivity contribution is 5.81. The Kier molecular flexibility index (Phi) is 3.28. The van der Waals surface area contributed by atoms with Gasteiger partial charge in [-0.2, -0.15) is 0 Å². The summed E-state index contributed by atoms with van der Waals surface area (Å²) in [7, 11) is 0. The van der Waals surface area contributed by atoms with Gasteiger partial charge in [0.1, 0.15) is 5.78 Å². The van der Waals surface area contributed by atoms with E-state index in [0.29, 0.717) is 23.0 Å². The Bertz CT molecular complexity index is 375. The molecule has 2 heteroatoms. The number of Topliss-reactive ketones (excluding diaryl/α,β-unsaturated/α-hetero) is 1. The normalized spacial score (nSPS) is 51.6. The molecule has 0 aromatic rings. The summed E-state index contributed by atoms with van der Waals surface area (Å²) in [6, 6.07) is 0. The zero-order valence-electron chi connectivity index (χ0n) is 12.6. The van der Waals surface area contributed by atoms with E-state index in [0.717, 1.165) is 24.7 Å². The van der Waals surface area contributed by atoms with E-state index in [4.69, 9.17) is 0 Å². The molecular formula is C17H28O2. The fourth-order valence-electron chi connectivity index (χ4n) is 5.96. The van der Waals surface area contributed by atoms with Gasteiger partial charge in [0.15, 0.2) is 0 Å². The average molecular weight is 264 g/mol. The first-order valence-electron chi connectivity index (χ1n) is 8.16. The molecule has 0 aliphatic heterocycles. The van der Waals surface area contributed by atoms with Gasteiger partial charge in [-0.15, -0.1) is 0 Å². The second-order valence-corrected chi connectivity index (χ2v) is 7.70. The van der Waals surface area contributed by atoms with Crippen molar-refractivity contribution in [2.24, 2.45) is 35.0 Å². The van der Waals surface area contributed by atoms with Crippen molar-refractivity contribution >= 4 is 5.78 Å². The lowest BCUT2D eigenvalue weighted by atomic mass is 9.52. The van der Waals surface area contributed by atoms with Crippen LogP contribution in [0.4, 0.5) is 0 Å². The summed E-state index contributed by atoms with van der Waals surface area (Å²) >= 11 is 0. The molecule has 3 aliphatic rings. The molecule has 0 aromatic carbocycles. The van der Waals surface area contributed by atoms with Crippen LogP contribution in [0, 0.1) is 35.0 Å². The maximum Gasteiger partial charge on any atom is 0.135 e. The van der Waals surface area contributed by atoms with Gasteiger partial charge in [0.2, 0.25) is 0 Å². The Hall–Kier alpha value is -0.370. The van der Waals surface area contributed by atoms with Crippen LogP contribution in [0.3, 0.4) is 0 Å². The monoisotopic (exact) mass is 264 g/mol. The lowest BCUT2D eigenvalue weighted by molar-refractivity contribution is -0.133. The van der Waals surface area contributed by atoms with E-state index in [1.165, 1.54) is 25.7 Å². The van der Waals surface area contributed by atoms with Crippen LogP contribution in [-0.4, -0.2) is 17.0 Å². The van der Waals surface area contributed by atoms with Crippen LogP contribution in [0.1, 0.15) is 59.3 Å². The van der Waals surface area contributed by atoms with E-state index in [-0.39, 0.29) is 12.0 Å². The van der Waals surface area contributed by atoms with E-state index in [9.17, 15) is 9.90 Å². The fourth-order valence-corrected chi connectivity index (χ4v) is 5.96. The number of rotatable bonds is 1. The molecule has 0 amide bonds. The molecule has 19 heavy (non-hydrogen) atoms. The van der Waals surface area contributed by atoms with Crippen molar-refractivity contribution in [3.05, 3.63) is 0 Å². The number of aliphatic hydroxyl groups is 1. The molecular weight excluding hydrogens is 236 g/mol. The molecule has 0 aromatic heterocycles. The molecule has 3 saturated carbocycles. The quantitative estimate of drug-likeness (QED) is 0.788. The first-order chi connectivity index (χ1) is 8.95. The zero-order valence-corrected chi connectivity index (χ0v) is 12.6. The topological polar surface area (TPSA) is 37.3 Å². The Morgan fingerprint density at radius 3 is 2.63 bits per heavy atom. The number of ketones is 1. The molecule has 1 N–H and O–H groups in total. The molecule has 3 rings (SSSR count). The van der Waals surface area contributed by atoms with E-state index in [1.807, 2.05) is 6.92 Å². The van der Waals surface area contributed by atoms with Crippen molar-refractivity contribution in [1.29, 1.82) is 0 Å². The summed E-state index contributed by atoms with van der Waals surface area (Å²) in [6.45, 7) is 6.54.